The highest BCUT2D eigenvalue weighted by atomic mass is 35.5. The molecule has 0 fully saturated rings. The monoisotopic (exact) mass is 380 g/mol. The second-order valence-electron chi connectivity index (χ2n) is 5.75. The third-order valence-electron chi connectivity index (χ3n) is 3.54. The maximum Gasteiger partial charge on any atom is 0.255 e. The van der Waals surface area contributed by atoms with Gasteiger partial charge in [-0.2, -0.15) is 0 Å². The van der Waals surface area contributed by atoms with E-state index in [1.165, 1.54) is 25.7 Å². The van der Waals surface area contributed by atoms with E-state index in [9.17, 15) is 4.79 Å². The number of rotatable bonds is 6. The number of amides is 1. The van der Waals surface area contributed by atoms with E-state index in [2.05, 4.69) is 24.1 Å². The van der Waals surface area contributed by atoms with Gasteiger partial charge >= 0.3 is 0 Å². The van der Waals surface area contributed by atoms with Crippen molar-refractivity contribution in [2.75, 3.05) is 5.32 Å². The number of pyridine rings is 1. The van der Waals surface area contributed by atoms with Crippen LogP contribution in [-0.2, 0) is 6.42 Å². The molecule has 0 atom stereocenters. The number of hydrogen-bond acceptors (Lipinski definition) is 2. The highest BCUT2D eigenvalue weighted by Crippen LogP contribution is 2.20. The lowest BCUT2D eigenvalue weighted by Gasteiger charge is -2.07. The molecule has 0 saturated heterocycles. The molecule has 3 nitrogen and oxygen atoms in total. The summed E-state index contributed by atoms with van der Waals surface area (Å²) in [7, 11) is 0. The van der Waals surface area contributed by atoms with Crippen LogP contribution in [0.5, 0.6) is 0 Å². The van der Waals surface area contributed by atoms with Crippen molar-refractivity contribution >= 4 is 34.8 Å². The predicted octanol–water partition coefficient (Wildman–Crippen LogP) is 6.79. The van der Waals surface area contributed by atoms with Gasteiger partial charge in [-0.3, -0.25) is 9.78 Å². The number of carbonyl (C=O) groups is 1. The molecule has 0 aliphatic heterocycles. The van der Waals surface area contributed by atoms with Crippen molar-refractivity contribution in [1.82, 2.24) is 4.98 Å². The van der Waals surface area contributed by atoms with E-state index in [1.807, 2.05) is 13.0 Å². The van der Waals surface area contributed by atoms with Gasteiger partial charge in [-0.05, 0) is 36.2 Å². The third-order valence-corrected chi connectivity index (χ3v) is 3.98. The number of hydrogen-bond donors (Lipinski definition) is 1. The number of benzene rings is 1. The molecule has 1 heterocycles. The van der Waals surface area contributed by atoms with Crippen molar-refractivity contribution in [2.45, 2.75) is 52.9 Å². The predicted molar refractivity (Wildman–Crippen MR) is 108 cm³/mol. The summed E-state index contributed by atoms with van der Waals surface area (Å²) in [5, 5.41) is 3.63. The topological polar surface area (TPSA) is 42.0 Å². The second kappa shape index (κ2) is 11.9. The standard InChI is InChI=1S/C14H12Cl2N2O.C6H14/c1-2-9-3-13(8-17-7-9)18-14(19)10-4-11(15)6-12(16)5-10;1-3-5-6-4-2/h3-8H,2H2,1H3,(H,18,19);3-6H2,1-2H3. The summed E-state index contributed by atoms with van der Waals surface area (Å²) in [5.74, 6) is -0.264. The van der Waals surface area contributed by atoms with Gasteiger partial charge in [-0.15, -0.1) is 0 Å². The van der Waals surface area contributed by atoms with Crippen LogP contribution in [-0.4, -0.2) is 10.9 Å². The normalized spacial score (nSPS) is 9.96. The molecule has 1 aromatic carbocycles. The number of aromatic nitrogens is 1. The van der Waals surface area contributed by atoms with E-state index in [-0.39, 0.29) is 5.91 Å². The quantitative estimate of drug-likeness (QED) is 0.560. The molecule has 1 aromatic heterocycles. The van der Waals surface area contributed by atoms with Crippen LogP contribution in [0.4, 0.5) is 5.69 Å². The highest BCUT2D eigenvalue weighted by Gasteiger charge is 2.08. The fraction of sp³-hybridized carbons (Fsp3) is 0.400. The van der Waals surface area contributed by atoms with Gasteiger partial charge < -0.3 is 5.32 Å². The molecule has 1 amide bonds. The van der Waals surface area contributed by atoms with Gasteiger partial charge in [0, 0.05) is 21.8 Å². The largest absolute Gasteiger partial charge is 0.321 e. The SMILES string of the molecule is CCCCCC.CCc1cncc(NC(=O)c2cc(Cl)cc(Cl)c2)c1. The summed E-state index contributed by atoms with van der Waals surface area (Å²) >= 11 is 11.7. The zero-order valence-electron chi connectivity index (χ0n) is 15.1. The molecule has 2 rings (SSSR count). The van der Waals surface area contributed by atoms with E-state index in [0.717, 1.165) is 12.0 Å². The molecule has 0 aliphatic rings. The smallest absolute Gasteiger partial charge is 0.255 e. The first-order valence-corrected chi connectivity index (χ1v) is 9.47. The Hall–Kier alpha value is -1.58. The van der Waals surface area contributed by atoms with Crippen LogP contribution in [0.2, 0.25) is 10.0 Å². The summed E-state index contributed by atoms with van der Waals surface area (Å²) in [6.45, 7) is 6.49. The van der Waals surface area contributed by atoms with Crippen molar-refractivity contribution in [3.8, 4) is 0 Å². The van der Waals surface area contributed by atoms with Gasteiger partial charge in [-0.25, -0.2) is 0 Å². The zero-order chi connectivity index (χ0) is 18.7. The Morgan fingerprint density at radius 2 is 1.56 bits per heavy atom. The first kappa shape index (κ1) is 21.5. The Labute approximate surface area is 160 Å². The lowest BCUT2D eigenvalue weighted by atomic mass is 10.2. The summed E-state index contributed by atoms with van der Waals surface area (Å²) < 4.78 is 0. The van der Waals surface area contributed by atoms with Gasteiger partial charge in [0.15, 0.2) is 0 Å². The number of anilines is 1. The minimum atomic E-state index is -0.264. The Kier molecular flexibility index (Phi) is 10.2. The number of aryl methyl sites for hydroxylation is 1. The average Bonchev–Trinajstić information content (AvgIpc) is 2.59. The van der Waals surface area contributed by atoms with Crippen LogP contribution in [0, 0.1) is 0 Å². The molecule has 0 saturated carbocycles. The van der Waals surface area contributed by atoms with Crippen molar-refractivity contribution < 1.29 is 4.79 Å². The van der Waals surface area contributed by atoms with Gasteiger partial charge in [-0.1, -0.05) is 69.7 Å². The molecular weight excluding hydrogens is 355 g/mol. The Morgan fingerprint density at radius 3 is 2.08 bits per heavy atom. The van der Waals surface area contributed by atoms with Gasteiger partial charge in [0.1, 0.15) is 0 Å². The Morgan fingerprint density at radius 1 is 0.960 bits per heavy atom. The summed E-state index contributed by atoms with van der Waals surface area (Å²) in [4.78, 5) is 16.1. The minimum absolute atomic E-state index is 0.264. The molecule has 0 aliphatic carbocycles. The van der Waals surface area contributed by atoms with E-state index in [0.29, 0.717) is 21.3 Å². The van der Waals surface area contributed by atoms with Crippen LogP contribution < -0.4 is 5.32 Å². The van der Waals surface area contributed by atoms with Crippen molar-refractivity contribution in [3.05, 3.63) is 57.8 Å². The molecular formula is C20H26Cl2N2O. The molecule has 25 heavy (non-hydrogen) atoms. The van der Waals surface area contributed by atoms with E-state index >= 15 is 0 Å². The molecule has 0 spiro atoms. The van der Waals surface area contributed by atoms with Crippen LogP contribution >= 0.6 is 23.2 Å². The summed E-state index contributed by atoms with van der Waals surface area (Å²) in [6, 6.07) is 6.61. The minimum Gasteiger partial charge on any atom is -0.321 e. The van der Waals surface area contributed by atoms with E-state index in [4.69, 9.17) is 23.2 Å². The summed E-state index contributed by atoms with van der Waals surface area (Å²) in [5.41, 5.74) is 2.13. The fourth-order valence-corrected chi connectivity index (χ4v) is 2.66. The number of nitrogens with zero attached hydrogens (tertiary/aromatic N) is 1. The van der Waals surface area contributed by atoms with Crippen molar-refractivity contribution in [3.63, 3.8) is 0 Å². The Bertz CT molecular complexity index is 650. The number of carbonyl (C=O) groups excluding carboxylic acids is 1. The molecule has 2 aromatic rings. The van der Waals surface area contributed by atoms with Crippen LogP contribution in [0.1, 0.15) is 62.4 Å². The van der Waals surface area contributed by atoms with Crippen molar-refractivity contribution in [2.24, 2.45) is 0 Å². The maximum absolute atomic E-state index is 12.1. The van der Waals surface area contributed by atoms with Crippen molar-refractivity contribution in [1.29, 1.82) is 0 Å². The second-order valence-corrected chi connectivity index (χ2v) is 6.63. The first-order valence-electron chi connectivity index (χ1n) is 8.71. The lowest BCUT2D eigenvalue weighted by Crippen LogP contribution is -2.12. The number of nitrogens with one attached hydrogen (secondary N) is 1. The lowest BCUT2D eigenvalue weighted by molar-refractivity contribution is 0.102. The van der Waals surface area contributed by atoms with Crippen LogP contribution in [0.25, 0.3) is 0 Å². The summed E-state index contributed by atoms with van der Waals surface area (Å²) in [6.07, 6.45) is 9.77. The molecule has 136 valence electrons. The van der Waals surface area contributed by atoms with Gasteiger partial charge in [0.05, 0.1) is 11.9 Å². The van der Waals surface area contributed by atoms with Gasteiger partial charge in [0.25, 0.3) is 5.91 Å². The van der Waals surface area contributed by atoms with E-state index in [1.54, 1.807) is 30.6 Å². The number of unbranched alkanes of at least 4 members (excludes halogenated alkanes) is 3. The molecule has 0 unspecified atom stereocenters. The maximum atomic E-state index is 12.1. The third kappa shape index (κ3) is 8.37. The van der Waals surface area contributed by atoms with Gasteiger partial charge in [0.2, 0.25) is 0 Å². The molecule has 1 N–H and O–H groups in total. The molecule has 5 heteroatoms. The first-order chi connectivity index (χ1) is 12.0. The van der Waals surface area contributed by atoms with Crippen LogP contribution in [0.3, 0.4) is 0 Å². The fourth-order valence-electron chi connectivity index (χ4n) is 2.14. The van der Waals surface area contributed by atoms with Crippen LogP contribution in [0.15, 0.2) is 36.7 Å². The Balaban J connectivity index is 0.000000450. The zero-order valence-corrected chi connectivity index (χ0v) is 16.6. The molecule has 0 bridgehead atoms. The van der Waals surface area contributed by atoms with E-state index < -0.39 is 0 Å². The number of halogens is 2. The molecule has 0 radical (unpaired) electrons. The average molecular weight is 381 g/mol. The highest BCUT2D eigenvalue weighted by molar-refractivity contribution is 6.35.